The molecule has 43 heavy (non-hydrogen) atoms. The Labute approximate surface area is 251 Å². The average Bonchev–Trinajstić information content (AvgIpc) is 3.72. The Bertz CT molecular complexity index is 1660. The van der Waals surface area contributed by atoms with Gasteiger partial charge in [0.15, 0.2) is 0 Å². The van der Waals surface area contributed by atoms with Crippen LogP contribution < -0.4 is 5.32 Å². The maximum Gasteiger partial charge on any atom is 0.420 e. The molecule has 11 nitrogen and oxygen atoms in total. The fourth-order valence-electron chi connectivity index (χ4n) is 6.39. The number of fused-ring (bicyclic) bond motifs is 3. The van der Waals surface area contributed by atoms with Crippen LogP contribution in [0.25, 0.3) is 10.6 Å². The minimum Gasteiger partial charge on any atom is -0.351 e. The van der Waals surface area contributed by atoms with Crippen LogP contribution in [0.3, 0.4) is 0 Å². The predicted molar refractivity (Wildman–Crippen MR) is 154 cm³/mol. The first-order chi connectivity index (χ1) is 20.2. The molecule has 0 aliphatic carbocycles. The lowest BCUT2D eigenvalue weighted by molar-refractivity contribution is -0.137. The minimum absolute atomic E-state index is 0.0248. The number of carbonyl (C=O) groups is 1. The van der Waals surface area contributed by atoms with E-state index in [4.69, 9.17) is 0 Å². The van der Waals surface area contributed by atoms with E-state index in [-0.39, 0.29) is 52.5 Å². The summed E-state index contributed by atoms with van der Waals surface area (Å²) in [6, 6.07) is 1.47. The second-order valence-corrected chi connectivity index (χ2v) is 14.6. The Hall–Kier alpha value is -3.08. The lowest BCUT2D eigenvalue weighted by atomic mass is 9.90. The molecule has 3 aliphatic rings. The summed E-state index contributed by atoms with van der Waals surface area (Å²) in [6.07, 6.45) is 1.04. The molecule has 1 N–H and O–H groups in total. The number of aryl methyl sites for hydroxylation is 1. The molecule has 3 aliphatic heterocycles. The molecule has 0 bridgehead atoms. The number of likely N-dealkylation sites (N-methyl/N-ethyl adjacent to an activating group) is 1. The summed E-state index contributed by atoms with van der Waals surface area (Å²) in [4.78, 5) is 26.9. The molecular weight excluding hydrogens is 605 g/mol. The fourth-order valence-corrected chi connectivity index (χ4v) is 9.28. The number of rotatable bonds is 7. The summed E-state index contributed by atoms with van der Waals surface area (Å²) < 4.78 is 71.1. The normalized spacial score (nSPS) is 23.3. The summed E-state index contributed by atoms with van der Waals surface area (Å²) in [5.41, 5.74) is -1.33. The summed E-state index contributed by atoms with van der Waals surface area (Å²) >= 11 is 1.20. The molecule has 6 heterocycles. The van der Waals surface area contributed by atoms with Gasteiger partial charge in [-0.25, -0.2) is 18.4 Å². The Balaban J connectivity index is 1.26. The van der Waals surface area contributed by atoms with Gasteiger partial charge in [-0.15, -0.1) is 11.3 Å². The highest BCUT2D eigenvalue weighted by molar-refractivity contribution is 7.89. The molecule has 3 aromatic rings. The molecule has 16 heteroatoms. The van der Waals surface area contributed by atoms with Gasteiger partial charge in [-0.3, -0.25) is 9.48 Å². The van der Waals surface area contributed by atoms with Crippen molar-refractivity contribution in [2.75, 3.05) is 39.0 Å². The molecule has 1 amide bonds. The number of sulfonamides is 1. The zero-order valence-corrected chi connectivity index (χ0v) is 25.9. The van der Waals surface area contributed by atoms with Crippen LogP contribution in [0, 0.1) is 0 Å². The number of thiophene rings is 1. The van der Waals surface area contributed by atoms with E-state index in [9.17, 15) is 26.4 Å². The lowest BCUT2D eigenvalue weighted by Crippen LogP contribution is -2.42. The number of amides is 1. The number of alkyl halides is 3. The van der Waals surface area contributed by atoms with Crippen LogP contribution in [-0.4, -0.2) is 94.0 Å². The van der Waals surface area contributed by atoms with Crippen LogP contribution in [0.4, 0.5) is 19.1 Å². The van der Waals surface area contributed by atoms with Gasteiger partial charge in [0, 0.05) is 56.0 Å². The van der Waals surface area contributed by atoms with Gasteiger partial charge in [-0.05, 0) is 45.8 Å². The molecule has 2 atom stereocenters. The van der Waals surface area contributed by atoms with Crippen LogP contribution >= 0.6 is 11.3 Å². The number of halogens is 3. The van der Waals surface area contributed by atoms with Crippen LogP contribution in [0.15, 0.2) is 29.6 Å². The van der Waals surface area contributed by atoms with Crippen molar-refractivity contribution < 1.29 is 26.4 Å². The Morgan fingerprint density at radius 3 is 2.53 bits per heavy atom. The van der Waals surface area contributed by atoms with Crippen molar-refractivity contribution in [2.45, 2.75) is 61.3 Å². The van der Waals surface area contributed by atoms with Crippen LogP contribution in [0.2, 0.25) is 0 Å². The number of nitrogens with zero attached hydrogens (tertiary/aromatic N) is 7. The van der Waals surface area contributed by atoms with Crippen molar-refractivity contribution in [1.82, 2.24) is 33.9 Å². The van der Waals surface area contributed by atoms with E-state index in [0.29, 0.717) is 37.8 Å². The van der Waals surface area contributed by atoms with Gasteiger partial charge in [0.25, 0.3) is 5.91 Å². The van der Waals surface area contributed by atoms with Crippen LogP contribution in [0.1, 0.15) is 53.4 Å². The summed E-state index contributed by atoms with van der Waals surface area (Å²) in [5, 5.41) is 7.05. The van der Waals surface area contributed by atoms with Gasteiger partial charge in [0.05, 0.1) is 27.9 Å². The molecule has 2 saturated heterocycles. The second kappa shape index (κ2) is 10.5. The molecule has 0 saturated carbocycles. The number of nitrogens with one attached hydrogen (secondary N) is 1. The zero-order chi connectivity index (χ0) is 30.9. The first-order valence-corrected chi connectivity index (χ1v) is 16.3. The molecule has 3 aromatic heterocycles. The summed E-state index contributed by atoms with van der Waals surface area (Å²) in [7, 11) is 1.88. The van der Waals surface area contributed by atoms with Crippen molar-refractivity contribution in [2.24, 2.45) is 7.05 Å². The zero-order valence-electron chi connectivity index (χ0n) is 24.2. The third-order valence-electron chi connectivity index (χ3n) is 8.86. The molecule has 232 valence electrons. The number of carbonyl (C=O) groups excluding carboxylic acids is 1. The minimum atomic E-state index is -4.70. The predicted octanol–water partition coefficient (Wildman–Crippen LogP) is 3.62. The largest absolute Gasteiger partial charge is 0.420 e. The van der Waals surface area contributed by atoms with Crippen molar-refractivity contribution in [3.63, 3.8) is 0 Å². The maximum atomic E-state index is 14.2. The molecule has 2 unspecified atom stereocenters. The van der Waals surface area contributed by atoms with Crippen LogP contribution in [0.5, 0.6) is 0 Å². The molecule has 2 fully saturated rings. The number of piperidine rings is 1. The quantitative estimate of drug-likeness (QED) is 0.418. The number of anilines is 1. The van der Waals surface area contributed by atoms with Crippen LogP contribution in [-0.2, 0) is 28.8 Å². The van der Waals surface area contributed by atoms with E-state index >= 15 is 0 Å². The van der Waals surface area contributed by atoms with Gasteiger partial charge in [0.2, 0.25) is 16.0 Å². The van der Waals surface area contributed by atoms with Gasteiger partial charge >= 0.3 is 6.18 Å². The SMILES string of the molecule is CCC12CC(N(C)C)CN1C(=O)c1cc(-c3nc(NC4CCN(S(=O)(=O)c5cnn(C)c5)CC4)ncc3C(F)(F)F)sc12. The summed E-state index contributed by atoms with van der Waals surface area (Å²) in [6.45, 7) is 3.04. The second-order valence-electron chi connectivity index (χ2n) is 11.6. The molecular formula is C27H33F3N8O3S2. The van der Waals surface area contributed by atoms with E-state index in [0.717, 1.165) is 11.1 Å². The van der Waals surface area contributed by atoms with E-state index in [1.807, 2.05) is 25.9 Å². The van der Waals surface area contributed by atoms with Crippen molar-refractivity contribution in [1.29, 1.82) is 0 Å². The highest BCUT2D eigenvalue weighted by Gasteiger charge is 2.56. The average molecular weight is 639 g/mol. The van der Waals surface area contributed by atoms with Gasteiger partial charge in [0.1, 0.15) is 10.5 Å². The number of aromatic nitrogens is 4. The standard InChI is InChI=1S/C27H33F3N8O3S2/c1-5-26-11-17(35(2)3)14-38(26)24(39)19-10-21(42-23(19)26)22-20(27(28,29)30)13-31-25(34-22)33-16-6-8-37(9-7-16)43(40,41)18-12-32-36(4)15-18/h10,12-13,15-17H,5-9,11,14H2,1-4H3,(H,31,33,34). The highest BCUT2D eigenvalue weighted by Crippen LogP contribution is 2.54. The van der Waals surface area contributed by atoms with Gasteiger partial charge in [-0.1, -0.05) is 6.92 Å². The third-order valence-corrected chi connectivity index (χ3v) is 12.0. The number of hydrogen-bond acceptors (Lipinski definition) is 9. The van der Waals surface area contributed by atoms with Crippen molar-refractivity contribution in [3.8, 4) is 10.6 Å². The van der Waals surface area contributed by atoms with E-state index < -0.39 is 27.3 Å². The molecule has 0 spiro atoms. The van der Waals surface area contributed by atoms with E-state index in [1.54, 1.807) is 13.1 Å². The maximum absolute atomic E-state index is 14.2. The number of hydrogen-bond donors (Lipinski definition) is 1. The topological polar surface area (TPSA) is 117 Å². The molecule has 6 rings (SSSR count). The molecule has 0 radical (unpaired) electrons. The summed E-state index contributed by atoms with van der Waals surface area (Å²) in [5.74, 6) is -0.130. The van der Waals surface area contributed by atoms with E-state index in [1.165, 1.54) is 32.7 Å². The van der Waals surface area contributed by atoms with Crippen molar-refractivity contribution in [3.05, 3.63) is 40.7 Å². The fraction of sp³-hybridized carbons (Fsp3) is 0.556. The highest BCUT2D eigenvalue weighted by atomic mass is 32.2. The van der Waals surface area contributed by atoms with Crippen molar-refractivity contribution >= 4 is 33.2 Å². The third kappa shape index (κ3) is 5.01. The van der Waals surface area contributed by atoms with Gasteiger partial charge < -0.3 is 15.1 Å². The Kier molecular flexibility index (Phi) is 7.34. The monoisotopic (exact) mass is 638 g/mol. The van der Waals surface area contributed by atoms with Gasteiger partial charge in [-0.2, -0.15) is 22.6 Å². The Morgan fingerprint density at radius 2 is 1.93 bits per heavy atom. The molecule has 0 aromatic carbocycles. The Morgan fingerprint density at radius 1 is 1.21 bits per heavy atom. The lowest BCUT2D eigenvalue weighted by Gasteiger charge is -2.31. The van der Waals surface area contributed by atoms with E-state index in [2.05, 4.69) is 25.3 Å². The first-order valence-electron chi connectivity index (χ1n) is 14.1. The smallest absolute Gasteiger partial charge is 0.351 e. The first kappa shape index (κ1) is 30.0.